The van der Waals surface area contributed by atoms with Crippen molar-refractivity contribution in [2.45, 2.75) is 13.5 Å². The maximum atomic E-state index is 13.4. The Bertz CT molecular complexity index is 712. The fourth-order valence-corrected chi connectivity index (χ4v) is 2.37. The van der Waals surface area contributed by atoms with Gasteiger partial charge in [-0.1, -0.05) is 24.3 Å². The van der Waals surface area contributed by atoms with E-state index in [-0.39, 0.29) is 11.7 Å². The molecule has 0 radical (unpaired) electrons. The molecule has 0 aliphatic heterocycles. The van der Waals surface area contributed by atoms with Gasteiger partial charge in [-0.25, -0.2) is 4.39 Å². The molecule has 0 saturated carbocycles. The van der Waals surface area contributed by atoms with Gasteiger partial charge in [0.2, 0.25) is 0 Å². The number of rotatable bonds is 6. The molecule has 0 aromatic heterocycles. The first kappa shape index (κ1) is 16.7. The Morgan fingerprint density at radius 2 is 2.04 bits per heavy atom. The summed E-state index contributed by atoms with van der Waals surface area (Å²) in [6.07, 6.45) is 1.67. The van der Waals surface area contributed by atoms with E-state index in [1.165, 1.54) is 12.1 Å². The summed E-state index contributed by atoms with van der Waals surface area (Å²) >= 11 is 0. The largest absolute Gasteiger partial charge is 0.496 e. The van der Waals surface area contributed by atoms with E-state index < -0.39 is 0 Å². The predicted octanol–water partition coefficient (Wildman–Crippen LogP) is 3.97. The first-order chi connectivity index (χ1) is 11.1. The van der Waals surface area contributed by atoms with Crippen LogP contribution in [0, 0.1) is 12.7 Å². The SMILES string of the molecule is C=CCN(Cc1ccccc1OC)C(=O)c1ccc(F)c(C)c1. The summed E-state index contributed by atoms with van der Waals surface area (Å²) in [7, 11) is 1.60. The number of aryl methyl sites for hydroxylation is 1. The maximum Gasteiger partial charge on any atom is 0.254 e. The van der Waals surface area contributed by atoms with Crippen LogP contribution in [0.4, 0.5) is 4.39 Å². The van der Waals surface area contributed by atoms with Gasteiger partial charge in [0.15, 0.2) is 0 Å². The lowest BCUT2D eigenvalue weighted by molar-refractivity contribution is 0.0761. The molecule has 3 nitrogen and oxygen atoms in total. The van der Waals surface area contributed by atoms with Gasteiger partial charge in [0.1, 0.15) is 11.6 Å². The molecule has 0 spiro atoms. The number of halogens is 1. The standard InChI is InChI=1S/C19H20FNO2/c1-4-11-21(13-16-7-5-6-8-18(16)23-3)19(22)15-9-10-17(20)14(2)12-15/h4-10,12H,1,11,13H2,2-3H3. The van der Waals surface area contributed by atoms with Gasteiger partial charge in [-0.15, -0.1) is 6.58 Å². The summed E-state index contributed by atoms with van der Waals surface area (Å²) in [6, 6.07) is 11.9. The minimum absolute atomic E-state index is 0.168. The highest BCUT2D eigenvalue weighted by molar-refractivity contribution is 5.94. The van der Waals surface area contributed by atoms with Crippen molar-refractivity contribution in [3.8, 4) is 5.75 Å². The summed E-state index contributed by atoms with van der Waals surface area (Å²) in [5.74, 6) is 0.241. The normalized spacial score (nSPS) is 10.2. The molecule has 0 aliphatic rings. The van der Waals surface area contributed by atoms with E-state index in [0.29, 0.717) is 24.2 Å². The second-order valence-corrected chi connectivity index (χ2v) is 5.25. The molecular weight excluding hydrogens is 293 g/mol. The van der Waals surface area contributed by atoms with Gasteiger partial charge in [-0.3, -0.25) is 4.79 Å². The highest BCUT2D eigenvalue weighted by atomic mass is 19.1. The van der Waals surface area contributed by atoms with E-state index in [4.69, 9.17) is 4.74 Å². The van der Waals surface area contributed by atoms with E-state index in [1.807, 2.05) is 24.3 Å². The van der Waals surface area contributed by atoms with Gasteiger partial charge in [-0.05, 0) is 36.8 Å². The molecule has 0 atom stereocenters. The van der Waals surface area contributed by atoms with Crippen LogP contribution >= 0.6 is 0 Å². The summed E-state index contributed by atoms with van der Waals surface area (Å²) in [5.41, 5.74) is 1.82. The van der Waals surface area contributed by atoms with Crippen molar-refractivity contribution in [1.82, 2.24) is 4.90 Å². The van der Waals surface area contributed by atoms with Crippen molar-refractivity contribution in [2.24, 2.45) is 0 Å². The molecule has 4 heteroatoms. The van der Waals surface area contributed by atoms with Crippen LogP contribution in [0.1, 0.15) is 21.5 Å². The van der Waals surface area contributed by atoms with Crippen LogP contribution in [-0.4, -0.2) is 24.5 Å². The second kappa shape index (κ2) is 7.58. The van der Waals surface area contributed by atoms with E-state index in [1.54, 1.807) is 31.1 Å². The lowest BCUT2D eigenvalue weighted by atomic mass is 10.1. The number of amides is 1. The Hall–Kier alpha value is -2.62. The molecule has 0 bridgehead atoms. The van der Waals surface area contributed by atoms with Crippen molar-refractivity contribution in [3.05, 3.63) is 77.6 Å². The molecule has 0 heterocycles. The van der Waals surface area contributed by atoms with Gasteiger partial charge in [0, 0.05) is 24.2 Å². The Morgan fingerprint density at radius 3 is 2.70 bits per heavy atom. The number of methoxy groups -OCH3 is 1. The van der Waals surface area contributed by atoms with Crippen molar-refractivity contribution in [2.75, 3.05) is 13.7 Å². The fraction of sp³-hybridized carbons (Fsp3) is 0.211. The third-order valence-electron chi connectivity index (χ3n) is 3.60. The van der Waals surface area contributed by atoms with Crippen molar-refractivity contribution in [1.29, 1.82) is 0 Å². The summed E-state index contributed by atoms with van der Waals surface area (Å²) in [6.45, 7) is 6.14. The van der Waals surface area contributed by atoms with Crippen molar-refractivity contribution in [3.63, 3.8) is 0 Å². The van der Waals surface area contributed by atoms with Gasteiger partial charge >= 0.3 is 0 Å². The number of para-hydroxylation sites is 1. The molecule has 2 aromatic rings. The summed E-state index contributed by atoms with van der Waals surface area (Å²) < 4.78 is 18.7. The Balaban J connectivity index is 2.28. The average Bonchev–Trinajstić information content (AvgIpc) is 2.56. The number of hydrogen-bond acceptors (Lipinski definition) is 2. The average molecular weight is 313 g/mol. The number of benzene rings is 2. The van der Waals surface area contributed by atoms with Gasteiger partial charge in [0.25, 0.3) is 5.91 Å². The smallest absolute Gasteiger partial charge is 0.254 e. The molecule has 0 N–H and O–H groups in total. The number of hydrogen-bond donors (Lipinski definition) is 0. The molecule has 0 saturated heterocycles. The van der Waals surface area contributed by atoms with E-state index in [2.05, 4.69) is 6.58 Å². The van der Waals surface area contributed by atoms with Gasteiger partial charge in [-0.2, -0.15) is 0 Å². The number of carbonyl (C=O) groups excluding carboxylic acids is 1. The van der Waals surface area contributed by atoms with E-state index in [9.17, 15) is 9.18 Å². The molecule has 1 amide bonds. The zero-order chi connectivity index (χ0) is 16.8. The van der Waals surface area contributed by atoms with Crippen LogP contribution in [0.2, 0.25) is 0 Å². The molecule has 0 unspecified atom stereocenters. The van der Waals surface area contributed by atoms with Gasteiger partial charge in [0.05, 0.1) is 7.11 Å². The monoisotopic (exact) mass is 313 g/mol. The predicted molar refractivity (Wildman–Crippen MR) is 89.1 cm³/mol. The Labute approximate surface area is 136 Å². The lowest BCUT2D eigenvalue weighted by Crippen LogP contribution is -2.31. The lowest BCUT2D eigenvalue weighted by Gasteiger charge is -2.22. The van der Waals surface area contributed by atoms with Crippen LogP contribution in [0.25, 0.3) is 0 Å². The van der Waals surface area contributed by atoms with Crippen LogP contribution in [0.15, 0.2) is 55.1 Å². The molecule has 120 valence electrons. The molecule has 23 heavy (non-hydrogen) atoms. The number of carbonyl (C=O) groups is 1. The van der Waals surface area contributed by atoms with Crippen LogP contribution in [-0.2, 0) is 6.54 Å². The highest BCUT2D eigenvalue weighted by Crippen LogP contribution is 2.21. The number of ether oxygens (including phenoxy) is 1. The zero-order valence-electron chi connectivity index (χ0n) is 13.4. The number of nitrogens with zero attached hydrogens (tertiary/aromatic N) is 1. The van der Waals surface area contributed by atoms with Gasteiger partial charge < -0.3 is 9.64 Å². The molecule has 0 fully saturated rings. The van der Waals surface area contributed by atoms with E-state index >= 15 is 0 Å². The second-order valence-electron chi connectivity index (χ2n) is 5.25. The fourth-order valence-electron chi connectivity index (χ4n) is 2.37. The van der Waals surface area contributed by atoms with Crippen LogP contribution in [0.5, 0.6) is 5.75 Å². The third-order valence-corrected chi connectivity index (χ3v) is 3.60. The molecule has 0 aliphatic carbocycles. The van der Waals surface area contributed by atoms with Crippen LogP contribution < -0.4 is 4.74 Å². The molecule has 2 aromatic carbocycles. The zero-order valence-corrected chi connectivity index (χ0v) is 13.4. The Kier molecular flexibility index (Phi) is 5.52. The third kappa shape index (κ3) is 3.97. The first-order valence-electron chi connectivity index (χ1n) is 7.35. The van der Waals surface area contributed by atoms with E-state index in [0.717, 1.165) is 11.3 Å². The van der Waals surface area contributed by atoms with Crippen molar-refractivity contribution >= 4 is 5.91 Å². The minimum atomic E-state index is -0.318. The summed E-state index contributed by atoms with van der Waals surface area (Å²) in [4.78, 5) is 14.4. The maximum absolute atomic E-state index is 13.4. The summed E-state index contributed by atoms with van der Waals surface area (Å²) in [5, 5.41) is 0. The highest BCUT2D eigenvalue weighted by Gasteiger charge is 2.17. The van der Waals surface area contributed by atoms with Crippen LogP contribution in [0.3, 0.4) is 0 Å². The molecular formula is C19H20FNO2. The minimum Gasteiger partial charge on any atom is -0.496 e. The quantitative estimate of drug-likeness (QED) is 0.755. The Morgan fingerprint density at radius 1 is 1.30 bits per heavy atom. The van der Waals surface area contributed by atoms with Crippen molar-refractivity contribution < 1.29 is 13.9 Å². The molecule has 2 rings (SSSR count). The first-order valence-corrected chi connectivity index (χ1v) is 7.35. The topological polar surface area (TPSA) is 29.5 Å².